The molecule has 0 bridgehead atoms. The lowest BCUT2D eigenvalue weighted by atomic mass is 9.98. The summed E-state index contributed by atoms with van der Waals surface area (Å²) in [5.74, 6) is 0.375. The lowest BCUT2D eigenvalue weighted by Crippen LogP contribution is -2.37. The Labute approximate surface area is 121 Å². The third kappa shape index (κ3) is 5.83. The van der Waals surface area contributed by atoms with Gasteiger partial charge in [0.1, 0.15) is 0 Å². The van der Waals surface area contributed by atoms with Crippen LogP contribution in [-0.4, -0.2) is 12.1 Å². The van der Waals surface area contributed by atoms with Crippen molar-refractivity contribution < 1.29 is 8.78 Å². The van der Waals surface area contributed by atoms with Crippen molar-refractivity contribution in [1.29, 1.82) is 0 Å². The standard InChI is InChI=1S/C17H25F2N/c1-12(2)15(11-20-17(3,4)5)10-13-7-6-8-14(9-13)16(18)19/h6-10,12,16,20H,11H2,1-5H3/b15-10+. The molecule has 0 aliphatic carbocycles. The Kier molecular flexibility index (Phi) is 5.88. The molecular formula is C17H25F2N. The van der Waals surface area contributed by atoms with Crippen LogP contribution in [0.2, 0.25) is 0 Å². The Hall–Kier alpha value is -1.22. The first-order valence-corrected chi connectivity index (χ1v) is 7.02. The van der Waals surface area contributed by atoms with Crippen molar-refractivity contribution >= 4 is 6.08 Å². The van der Waals surface area contributed by atoms with E-state index in [0.717, 1.165) is 12.1 Å². The fraction of sp³-hybridized carbons (Fsp3) is 0.529. The van der Waals surface area contributed by atoms with Crippen LogP contribution in [0.15, 0.2) is 29.8 Å². The molecule has 0 spiro atoms. The summed E-state index contributed by atoms with van der Waals surface area (Å²) < 4.78 is 25.4. The Bertz CT molecular complexity index is 456. The first-order chi connectivity index (χ1) is 9.19. The highest BCUT2D eigenvalue weighted by molar-refractivity contribution is 5.54. The van der Waals surface area contributed by atoms with Crippen LogP contribution in [0.4, 0.5) is 8.78 Å². The van der Waals surface area contributed by atoms with Crippen molar-refractivity contribution in [2.75, 3.05) is 6.54 Å². The minimum absolute atomic E-state index is 0.0405. The summed E-state index contributed by atoms with van der Waals surface area (Å²) in [5, 5.41) is 3.44. The minimum Gasteiger partial charge on any atom is -0.308 e. The van der Waals surface area contributed by atoms with Gasteiger partial charge in [-0.2, -0.15) is 0 Å². The van der Waals surface area contributed by atoms with E-state index in [-0.39, 0.29) is 11.1 Å². The van der Waals surface area contributed by atoms with Gasteiger partial charge in [0, 0.05) is 17.6 Å². The van der Waals surface area contributed by atoms with Gasteiger partial charge in [0.25, 0.3) is 6.43 Å². The van der Waals surface area contributed by atoms with Crippen LogP contribution in [0, 0.1) is 5.92 Å². The highest BCUT2D eigenvalue weighted by Gasteiger charge is 2.12. The van der Waals surface area contributed by atoms with Crippen molar-refractivity contribution in [3.63, 3.8) is 0 Å². The maximum atomic E-state index is 12.7. The van der Waals surface area contributed by atoms with Crippen LogP contribution in [0.3, 0.4) is 0 Å². The van der Waals surface area contributed by atoms with Gasteiger partial charge < -0.3 is 5.32 Å². The number of nitrogens with one attached hydrogen (secondary N) is 1. The molecule has 0 heterocycles. The molecule has 0 aliphatic heterocycles. The normalized spacial score (nSPS) is 13.3. The first kappa shape index (κ1) is 16.8. The predicted octanol–water partition coefficient (Wildman–Crippen LogP) is 5.05. The average Bonchev–Trinajstić information content (AvgIpc) is 2.33. The second-order valence-electron chi connectivity index (χ2n) is 6.45. The first-order valence-electron chi connectivity index (χ1n) is 7.02. The largest absolute Gasteiger partial charge is 0.308 e. The van der Waals surface area contributed by atoms with Gasteiger partial charge in [-0.05, 0) is 38.3 Å². The molecule has 1 aromatic carbocycles. The van der Waals surface area contributed by atoms with E-state index in [9.17, 15) is 8.78 Å². The number of rotatable bonds is 5. The van der Waals surface area contributed by atoms with Crippen LogP contribution in [0.25, 0.3) is 6.08 Å². The van der Waals surface area contributed by atoms with Crippen LogP contribution in [0.5, 0.6) is 0 Å². The molecule has 0 aromatic heterocycles. The van der Waals surface area contributed by atoms with Gasteiger partial charge >= 0.3 is 0 Å². The Balaban J connectivity index is 2.93. The zero-order valence-electron chi connectivity index (χ0n) is 13.0. The molecule has 0 saturated carbocycles. The van der Waals surface area contributed by atoms with Crippen molar-refractivity contribution in [3.8, 4) is 0 Å². The number of hydrogen-bond acceptors (Lipinski definition) is 1. The summed E-state index contributed by atoms with van der Waals surface area (Å²) in [5.41, 5.74) is 2.16. The van der Waals surface area contributed by atoms with E-state index >= 15 is 0 Å². The van der Waals surface area contributed by atoms with E-state index in [4.69, 9.17) is 0 Å². The fourth-order valence-electron chi connectivity index (χ4n) is 1.79. The molecule has 0 aliphatic rings. The molecule has 0 atom stereocenters. The summed E-state index contributed by atoms with van der Waals surface area (Å²) >= 11 is 0. The smallest absolute Gasteiger partial charge is 0.263 e. The van der Waals surface area contributed by atoms with Gasteiger partial charge in [-0.25, -0.2) is 8.78 Å². The van der Waals surface area contributed by atoms with Crippen LogP contribution in [-0.2, 0) is 0 Å². The molecule has 1 nitrogen and oxygen atoms in total. The maximum absolute atomic E-state index is 12.7. The quantitative estimate of drug-likeness (QED) is 0.796. The van der Waals surface area contributed by atoms with E-state index in [0.29, 0.717) is 5.92 Å². The molecule has 0 radical (unpaired) electrons. The number of hydrogen-bond donors (Lipinski definition) is 1. The molecule has 1 N–H and O–H groups in total. The average molecular weight is 281 g/mol. The molecule has 0 saturated heterocycles. The molecule has 0 amide bonds. The van der Waals surface area contributed by atoms with Gasteiger partial charge in [-0.15, -0.1) is 0 Å². The van der Waals surface area contributed by atoms with Crippen molar-refractivity contribution in [2.24, 2.45) is 5.92 Å². The third-order valence-corrected chi connectivity index (χ3v) is 3.08. The summed E-state index contributed by atoms with van der Waals surface area (Å²) in [7, 11) is 0. The molecule has 112 valence electrons. The third-order valence-electron chi connectivity index (χ3n) is 3.08. The highest BCUT2D eigenvalue weighted by atomic mass is 19.3. The molecule has 0 unspecified atom stereocenters. The Morgan fingerprint density at radius 3 is 2.40 bits per heavy atom. The fourth-order valence-corrected chi connectivity index (χ4v) is 1.79. The zero-order chi connectivity index (χ0) is 15.3. The molecule has 1 aromatic rings. The molecule has 0 fully saturated rings. The van der Waals surface area contributed by atoms with Gasteiger partial charge in [0.15, 0.2) is 0 Å². The van der Waals surface area contributed by atoms with Gasteiger partial charge in [0.2, 0.25) is 0 Å². The molecule has 3 heteroatoms. The van der Waals surface area contributed by atoms with E-state index in [1.54, 1.807) is 12.1 Å². The number of benzene rings is 1. The van der Waals surface area contributed by atoms with E-state index < -0.39 is 6.43 Å². The zero-order valence-corrected chi connectivity index (χ0v) is 13.0. The molecular weight excluding hydrogens is 256 g/mol. The van der Waals surface area contributed by atoms with Crippen LogP contribution in [0.1, 0.15) is 52.2 Å². The SMILES string of the molecule is CC(C)/C(=C/c1cccc(C(F)F)c1)CNC(C)(C)C. The van der Waals surface area contributed by atoms with Gasteiger partial charge in [0.05, 0.1) is 0 Å². The monoisotopic (exact) mass is 281 g/mol. The second kappa shape index (κ2) is 6.98. The summed E-state index contributed by atoms with van der Waals surface area (Å²) in [6, 6.07) is 6.57. The van der Waals surface area contributed by atoms with Crippen LogP contribution >= 0.6 is 0 Å². The van der Waals surface area contributed by atoms with E-state index in [1.165, 1.54) is 11.6 Å². The van der Waals surface area contributed by atoms with E-state index in [2.05, 4.69) is 39.9 Å². The Morgan fingerprint density at radius 1 is 1.25 bits per heavy atom. The summed E-state index contributed by atoms with van der Waals surface area (Å²) in [6.45, 7) is 11.3. The highest BCUT2D eigenvalue weighted by Crippen LogP contribution is 2.22. The lowest BCUT2D eigenvalue weighted by Gasteiger charge is -2.23. The second-order valence-corrected chi connectivity index (χ2v) is 6.45. The number of halogens is 2. The molecule has 20 heavy (non-hydrogen) atoms. The summed E-state index contributed by atoms with van der Waals surface area (Å²) in [6.07, 6.45) is -0.409. The van der Waals surface area contributed by atoms with Gasteiger partial charge in [-0.3, -0.25) is 0 Å². The predicted molar refractivity (Wildman–Crippen MR) is 82.0 cm³/mol. The number of alkyl halides is 2. The molecule has 1 rings (SSSR count). The van der Waals surface area contributed by atoms with Crippen LogP contribution < -0.4 is 5.32 Å². The van der Waals surface area contributed by atoms with Crippen molar-refractivity contribution in [2.45, 2.75) is 46.6 Å². The summed E-state index contributed by atoms with van der Waals surface area (Å²) in [4.78, 5) is 0. The van der Waals surface area contributed by atoms with Crippen molar-refractivity contribution in [3.05, 3.63) is 41.0 Å². The minimum atomic E-state index is -2.42. The van der Waals surface area contributed by atoms with Crippen molar-refractivity contribution in [1.82, 2.24) is 5.32 Å². The topological polar surface area (TPSA) is 12.0 Å². The van der Waals surface area contributed by atoms with Gasteiger partial charge in [-0.1, -0.05) is 43.7 Å². The van der Waals surface area contributed by atoms with E-state index in [1.807, 2.05) is 12.1 Å². The maximum Gasteiger partial charge on any atom is 0.263 e. The Morgan fingerprint density at radius 2 is 1.90 bits per heavy atom. The lowest BCUT2D eigenvalue weighted by molar-refractivity contribution is 0.151.